The number of hydrogen-bond donors (Lipinski definition) is 0. The van der Waals surface area contributed by atoms with Crippen LogP contribution in [-0.2, 0) is 4.74 Å². The van der Waals surface area contributed by atoms with Gasteiger partial charge in [-0.1, -0.05) is 12.1 Å². The summed E-state index contributed by atoms with van der Waals surface area (Å²) < 4.78 is 11.8. The summed E-state index contributed by atoms with van der Waals surface area (Å²) in [6.45, 7) is 0. The van der Waals surface area contributed by atoms with Crippen molar-refractivity contribution in [2.45, 2.75) is 0 Å². The van der Waals surface area contributed by atoms with E-state index < -0.39 is 0 Å². The molecule has 2 aromatic heterocycles. The summed E-state index contributed by atoms with van der Waals surface area (Å²) in [5.41, 5.74) is 1.35. The highest BCUT2D eigenvalue weighted by Crippen LogP contribution is 2.22. The third kappa shape index (κ3) is 2.93. The average Bonchev–Trinajstić information content (AvgIpc) is 3.24. The minimum absolute atomic E-state index is 0.368. The summed E-state index contributed by atoms with van der Waals surface area (Å²) in [6, 6.07) is 10.6. The Morgan fingerprint density at radius 2 is 1.91 bits per heavy atom. The van der Waals surface area contributed by atoms with Crippen molar-refractivity contribution in [3.8, 4) is 11.3 Å². The van der Waals surface area contributed by atoms with Gasteiger partial charge in [0.15, 0.2) is 0 Å². The summed E-state index contributed by atoms with van der Waals surface area (Å²) in [4.78, 5) is 11.4. The Morgan fingerprint density at radius 1 is 1.18 bits per heavy atom. The van der Waals surface area contributed by atoms with Gasteiger partial charge in [-0.2, -0.15) is 5.10 Å². The van der Waals surface area contributed by atoms with Crippen molar-refractivity contribution in [1.29, 1.82) is 0 Å². The summed E-state index contributed by atoms with van der Waals surface area (Å²) in [6.07, 6.45) is 4.52. The maximum Gasteiger partial charge on any atom is 0.337 e. The van der Waals surface area contributed by atoms with Crippen LogP contribution < -0.4 is 0 Å². The zero-order valence-corrected chi connectivity index (χ0v) is 11.7. The van der Waals surface area contributed by atoms with E-state index in [9.17, 15) is 4.79 Å². The summed E-state index contributed by atoms with van der Waals surface area (Å²) in [5.74, 6) is 0.912. The van der Waals surface area contributed by atoms with E-state index in [2.05, 4.69) is 20.0 Å². The zero-order valence-electron chi connectivity index (χ0n) is 11.7. The molecule has 0 amide bonds. The van der Waals surface area contributed by atoms with Crippen molar-refractivity contribution in [3.05, 3.63) is 60.4 Å². The van der Waals surface area contributed by atoms with Gasteiger partial charge in [0.05, 0.1) is 18.9 Å². The number of hydrogen-bond acceptors (Lipinski definition) is 6. The number of aromatic nitrogens is 3. The van der Waals surface area contributed by atoms with Crippen molar-refractivity contribution in [1.82, 2.24) is 14.9 Å². The minimum Gasteiger partial charge on any atom is -0.465 e. The Morgan fingerprint density at radius 3 is 2.59 bits per heavy atom. The van der Waals surface area contributed by atoms with Gasteiger partial charge in [-0.15, -0.1) is 10.2 Å². The first-order valence-electron chi connectivity index (χ1n) is 6.44. The first kappa shape index (κ1) is 13.7. The zero-order chi connectivity index (χ0) is 15.4. The first-order chi connectivity index (χ1) is 10.8. The largest absolute Gasteiger partial charge is 0.465 e. The molecular formula is C15H12N4O3. The molecule has 0 radical (unpaired) electrons. The standard InChI is InChI=1S/C15H12N4O3/c1-21-15(20)12-4-2-11(3-5-12)14-7-6-13(22-14)8-18-19-9-16-17-10-19/h2-10H,1H3/b18-8-. The fourth-order valence-corrected chi connectivity index (χ4v) is 1.84. The highest BCUT2D eigenvalue weighted by Gasteiger charge is 2.07. The fraction of sp³-hybridized carbons (Fsp3) is 0.0667. The molecule has 0 aliphatic carbocycles. The molecule has 110 valence electrons. The summed E-state index contributed by atoms with van der Waals surface area (Å²) in [7, 11) is 1.35. The maximum atomic E-state index is 11.4. The van der Waals surface area contributed by atoms with Gasteiger partial charge in [0.1, 0.15) is 24.2 Å². The molecule has 0 aliphatic heterocycles. The van der Waals surface area contributed by atoms with Gasteiger partial charge in [-0.05, 0) is 24.3 Å². The number of carbonyl (C=O) groups excluding carboxylic acids is 1. The van der Waals surface area contributed by atoms with Crippen LogP contribution in [0.5, 0.6) is 0 Å². The molecule has 1 aromatic carbocycles. The molecule has 0 saturated carbocycles. The highest BCUT2D eigenvalue weighted by atomic mass is 16.5. The van der Waals surface area contributed by atoms with Gasteiger partial charge in [-0.25, -0.2) is 9.47 Å². The normalized spacial score (nSPS) is 11.0. The number of nitrogens with zero attached hydrogens (tertiary/aromatic N) is 4. The van der Waals surface area contributed by atoms with Crippen molar-refractivity contribution >= 4 is 12.2 Å². The van der Waals surface area contributed by atoms with Crippen LogP contribution in [-0.4, -0.2) is 34.2 Å². The molecular weight excluding hydrogens is 284 g/mol. The van der Waals surface area contributed by atoms with Crippen LogP contribution in [0.25, 0.3) is 11.3 Å². The van der Waals surface area contributed by atoms with Crippen molar-refractivity contribution in [2.75, 3.05) is 7.11 Å². The molecule has 0 N–H and O–H groups in total. The molecule has 22 heavy (non-hydrogen) atoms. The lowest BCUT2D eigenvalue weighted by Gasteiger charge is -2.00. The predicted molar refractivity (Wildman–Crippen MR) is 78.5 cm³/mol. The second-order valence-corrected chi connectivity index (χ2v) is 4.36. The van der Waals surface area contributed by atoms with Crippen molar-refractivity contribution in [3.63, 3.8) is 0 Å². The van der Waals surface area contributed by atoms with Crippen LogP contribution in [0.4, 0.5) is 0 Å². The predicted octanol–water partition coefficient (Wildman–Crippen LogP) is 2.21. The number of benzene rings is 1. The number of esters is 1. The Hall–Kier alpha value is -3.22. The minimum atomic E-state index is -0.368. The lowest BCUT2D eigenvalue weighted by atomic mass is 10.1. The quantitative estimate of drug-likeness (QED) is 0.544. The van der Waals surface area contributed by atoms with E-state index in [1.165, 1.54) is 24.4 Å². The van der Waals surface area contributed by atoms with Gasteiger partial charge < -0.3 is 9.15 Å². The van der Waals surface area contributed by atoms with Gasteiger partial charge in [-0.3, -0.25) is 0 Å². The van der Waals surface area contributed by atoms with E-state index >= 15 is 0 Å². The van der Waals surface area contributed by atoms with Gasteiger partial charge >= 0.3 is 5.97 Å². The molecule has 3 aromatic rings. The van der Waals surface area contributed by atoms with E-state index in [0.717, 1.165) is 5.56 Å². The molecule has 0 fully saturated rings. The molecule has 0 saturated heterocycles. The van der Waals surface area contributed by atoms with Crippen LogP contribution in [0.1, 0.15) is 16.1 Å². The number of carbonyl (C=O) groups is 1. The lowest BCUT2D eigenvalue weighted by molar-refractivity contribution is 0.0601. The molecule has 0 atom stereocenters. The molecule has 2 heterocycles. The smallest absolute Gasteiger partial charge is 0.337 e. The van der Waals surface area contributed by atoms with Crippen molar-refractivity contribution < 1.29 is 13.9 Å². The van der Waals surface area contributed by atoms with Crippen LogP contribution >= 0.6 is 0 Å². The topological polar surface area (TPSA) is 82.5 Å². The Kier molecular flexibility index (Phi) is 3.78. The van der Waals surface area contributed by atoms with Gasteiger partial charge in [0.2, 0.25) is 0 Å². The van der Waals surface area contributed by atoms with Gasteiger partial charge in [0.25, 0.3) is 0 Å². The SMILES string of the molecule is COC(=O)c1ccc(-c2ccc(/C=N\n3cnnc3)o2)cc1. The summed E-state index contributed by atoms with van der Waals surface area (Å²) >= 11 is 0. The van der Waals surface area contributed by atoms with Gasteiger partial charge in [0, 0.05) is 5.56 Å². The van der Waals surface area contributed by atoms with E-state index in [-0.39, 0.29) is 5.97 Å². The summed E-state index contributed by atoms with van der Waals surface area (Å²) in [5, 5.41) is 11.4. The first-order valence-corrected chi connectivity index (χ1v) is 6.44. The van der Waals surface area contributed by atoms with Crippen LogP contribution in [0, 0.1) is 0 Å². The van der Waals surface area contributed by atoms with E-state index in [1.807, 2.05) is 6.07 Å². The Labute approximate surface area is 125 Å². The molecule has 7 heteroatoms. The average molecular weight is 296 g/mol. The number of furan rings is 1. The Balaban J connectivity index is 1.77. The molecule has 7 nitrogen and oxygen atoms in total. The molecule has 0 bridgehead atoms. The third-order valence-corrected chi connectivity index (χ3v) is 2.94. The molecule has 3 rings (SSSR count). The molecule has 0 aliphatic rings. The molecule has 0 spiro atoms. The number of rotatable bonds is 4. The highest BCUT2D eigenvalue weighted by molar-refractivity contribution is 5.89. The van der Waals surface area contributed by atoms with E-state index in [1.54, 1.807) is 36.5 Å². The van der Waals surface area contributed by atoms with Crippen LogP contribution in [0.2, 0.25) is 0 Å². The maximum absolute atomic E-state index is 11.4. The second-order valence-electron chi connectivity index (χ2n) is 4.36. The number of ether oxygens (including phenoxy) is 1. The van der Waals surface area contributed by atoms with Crippen LogP contribution in [0.3, 0.4) is 0 Å². The lowest BCUT2D eigenvalue weighted by Crippen LogP contribution is -2.00. The van der Waals surface area contributed by atoms with E-state index in [0.29, 0.717) is 17.1 Å². The number of methoxy groups -OCH3 is 1. The second kappa shape index (κ2) is 6.04. The van der Waals surface area contributed by atoms with Crippen molar-refractivity contribution in [2.24, 2.45) is 5.10 Å². The van der Waals surface area contributed by atoms with E-state index in [4.69, 9.17) is 4.42 Å². The fourth-order valence-electron chi connectivity index (χ4n) is 1.84. The third-order valence-electron chi connectivity index (χ3n) is 2.94. The van der Waals surface area contributed by atoms with Crippen LogP contribution in [0.15, 0.2) is 58.6 Å². The molecule has 0 unspecified atom stereocenters. The monoisotopic (exact) mass is 296 g/mol. The Bertz CT molecular complexity index is 789.